The number of amides is 1. The number of rotatable bonds is 6. The van der Waals surface area contributed by atoms with Crippen LogP contribution in [-0.2, 0) is 20.7 Å². The fourth-order valence-corrected chi connectivity index (χ4v) is 3.55. The van der Waals surface area contributed by atoms with Crippen LogP contribution in [0, 0.1) is 5.92 Å². The Kier molecular flexibility index (Phi) is 6.11. The van der Waals surface area contributed by atoms with Crippen LogP contribution in [0.5, 0.6) is 0 Å². The Labute approximate surface area is 155 Å². The van der Waals surface area contributed by atoms with Gasteiger partial charge in [-0.3, -0.25) is 9.59 Å². The van der Waals surface area contributed by atoms with E-state index in [1.807, 2.05) is 4.90 Å². The number of aromatic nitrogens is 3. The van der Waals surface area contributed by atoms with Crippen LogP contribution in [0.25, 0.3) is 0 Å². The molecule has 1 aliphatic rings. The lowest BCUT2D eigenvalue weighted by Crippen LogP contribution is -2.41. The Morgan fingerprint density at radius 2 is 2.19 bits per heavy atom. The largest absolute Gasteiger partial charge is 0.466 e. The minimum atomic E-state index is -0.318. The molecule has 2 aromatic heterocycles. The molecule has 1 saturated heterocycles. The van der Waals surface area contributed by atoms with E-state index in [1.54, 1.807) is 30.8 Å². The fraction of sp³-hybridized carbons (Fsp3) is 0.471. The smallest absolute Gasteiger partial charge is 0.311 e. The Morgan fingerprint density at radius 3 is 2.96 bits per heavy atom. The van der Waals surface area contributed by atoms with Crippen LogP contribution < -0.4 is 10.2 Å². The van der Waals surface area contributed by atoms with Crippen LogP contribution in [0.15, 0.2) is 23.8 Å². The number of carbonyl (C=O) groups is 2. The summed E-state index contributed by atoms with van der Waals surface area (Å²) >= 11 is 1.31. The van der Waals surface area contributed by atoms with Crippen LogP contribution in [-0.4, -0.2) is 46.5 Å². The van der Waals surface area contributed by atoms with Gasteiger partial charge in [-0.2, -0.15) is 0 Å². The topological polar surface area (TPSA) is 97.3 Å². The summed E-state index contributed by atoms with van der Waals surface area (Å²) < 4.78 is 4.91. The Balaban J connectivity index is 1.56. The lowest BCUT2D eigenvalue weighted by atomic mass is 9.97. The molecule has 0 aliphatic carbocycles. The fourth-order valence-electron chi connectivity index (χ4n) is 2.84. The third kappa shape index (κ3) is 4.75. The van der Waals surface area contributed by atoms with Gasteiger partial charge in [-0.05, 0) is 25.8 Å². The van der Waals surface area contributed by atoms with Crippen molar-refractivity contribution in [3.8, 4) is 0 Å². The zero-order valence-corrected chi connectivity index (χ0v) is 15.4. The summed E-state index contributed by atoms with van der Waals surface area (Å²) in [6.07, 6.45) is 5.24. The van der Waals surface area contributed by atoms with Gasteiger partial charge in [0, 0.05) is 30.9 Å². The third-order valence-electron chi connectivity index (χ3n) is 4.04. The molecule has 3 rings (SSSR count). The summed E-state index contributed by atoms with van der Waals surface area (Å²) in [5.41, 5.74) is 0.603. The maximum Gasteiger partial charge on any atom is 0.311 e. The molecule has 26 heavy (non-hydrogen) atoms. The Hall–Kier alpha value is -2.55. The first-order valence-electron chi connectivity index (χ1n) is 8.58. The van der Waals surface area contributed by atoms with E-state index in [9.17, 15) is 9.59 Å². The van der Waals surface area contributed by atoms with E-state index in [2.05, 4.69) is 20.3 Å². The number of esters is 1. The van der Waals surface area contributed by atoms with Crippen molar-refractivity contribution >= 4 is 34.3 Å². The molecule has 1 aliphatic heterocycles. The SMILES string of the molecule is CCOC(=O)Cc1csc(NC(=O)C2CCCN(c3ncccn3)C2)n1. The molecule has 1 unspecified atom stereocenters. The highest BCUT2D eigenvalue weighted by Crippen LogP contribution is 2.23. The molecule has 3 heterocycles. The third-order valence-corrected chi connectivity index (χ3v) is 4.85. The van der Waals surface area contributed by atoms with Crippen LogP contribution >= 0.6 is 11.3 Å². The lowest BCUT2D eigenvalue weighted by molar-refractivity contribution is -0.142. The van der Waals surface area contributed by atoms with E-state index in [4.69, 9.17) is 4.74 Å². The van der Waals surface area contributed by atoms with E-state index in [0.717, 1.165) is 19.4 Å². The van der Waals surface area contributed by atoms with Crippen LogP contribution in [0.1, 0.15) is 25.5 Å². The first-order chi connectivity index (χ1) is 12.7. The van der Waals surface area contributed by atoms with Gasteiger partial charge in [0.1, 0.15) is 0 Å². The normalized spacial score (nSPS) is 17.0. The summed E-state index contributed by atoms with van der Waals surface area (Å²) in [4.78, 5) is 38.9. The number of thiazole rings is 1. The summed E-state index contributed by atoms with van der Waals surface area (Å²) in [7, 11) is 0. The average Bonchev–Trinajstić information content (AvgIpc) is 3.09. The van der Waals surface area contributed by atoms with Gasteiger partial charge < -0.3 is 15.0 Å². The van der Waals surface area contributed by atoms with Crippen molar-refractivity contribution in [2.75, 3.05) is 29.9 Å². The molecule has 138 valence electrons. The highest BCUT2D eigenvalue weighted by atomic mass is 32.1. The molecule has 0 saturated carbocycles. The van der Waals surface area contributed by atoms with Gasteiger partial charge in [-0.15, -0.1) is 11.3 Å². The quantitative estimate of drug-likeness (QED) is 0.770. The lowest BCUT2D eigenvalue weighted by Gasteiger charge is -2.31. The number of hydrogen-bond donors (Lipinski definition) is 1. The molecule has 0 radical (unpaired) electrons. The maximum absolute atomic E-state index is 12.6. The predicted molar refractivity (Wildman–Crippen MR) is 98.0 cm³/mol. The van der Waals surface area contributed by atoms with Gasteiger partial charge in [-0.1, -0.05) is 0 Å². The second-order valence-corrected chi connectivity index (χ2v) is 6.81. The van der Waals surface area contributed by atoms with Crippen molar-refractivity contribution in [2.45, 2.75) is 26.2 Å². The molecule has 2 aromatic rings. The summed E-state index contributed by atoms with van der Waals surface area (Å²) in [5, 5.41) is 5.12. The monoisotopic (exact) mass is 375 g/mol. The van der Waals surface area contributed by atoms with Crippen molar-refractivity contribution in [3.63, 3.8) is 0 Å². The Morgan fingerprint density at radius 1 is 1.38 bits per heavy atom. The van der Waals surface area contributed by atoms with E-state index in [0.29, 0.717) is 29.9 Å². The summed E-state index contributed by atoms with van der Waals surface area (Å²) in [5.74, 6) is 0.116. The van der Waals surface area contributed by atoms with Crippen molar-refractivity contribution in [1.82, 2.24) is 15.0 Å². The first-order valence-corrected chi connectivity index (χ1v) is 9.46. The van der Waals surface area contributed by atoms with Crippen molar-refractivity contribution in [1.29, 1.82) is 0 Å². The van der Waals surface area contributed by atoms with Gasteiger partial charge in [0.05, 0.1) is 24.6 Å². The van der Waals surface area contributed by atoms with Crippen molar-refractivity contribution in [3.05, 3.63) is 29.5 Å². The number of anilines is 2. The van der Waals surface area contributed by atoms with Gasteiger partial charge in [0.15, 0.2) is 5.13 Å². The molecule has 9 heteroatoms. The van der Waals surface area contributed by atoms with E-state index < -0.39 is 0 Å². The number of carbonyl (C=O) groups excluding carboxylic acids is 2. The molecule has 8 nitrogen and oxygen atoms in total. The highest BCUT2D eigenvalue weighted by Gasteiger charge is 2.27. The second-order valence-electron chi connectivity index (χ2n) is 5.95. The van der Waals surface area contributed by atoms with Crippen LogP contribution in [0.4, 0.5) is 11.1 Å². The molecule has 0 bridgehead atoms. The molecule has 1 atom stereocenters. The van der Waals surface area contributed by atoms with Crippen molar-refractivity contribution in [2.24, 2.45) is 5.92 Å². The number of nitrogens with one attached hydrogen (secondary N) is 1. The number of piperidine rings is 1. The number of hydrogen-bond acceptors (Lipinski definition) is 8. The summed E-state index contributed by atoms with van der Waals surface area (Å²) in [6, 6.07) is 1.77. The van der Waals surface area contributed by atoms with E-state index in [-0.39, 0.29) is 24.2 Å². The van der Waals surface area contributed by atoms with Crippen LogP contribution in [0.3, 0.4) is 0 Å². The van der Waals surface area contributed by atoms with E-state index in [1.165, 1.54) is 11.3 Å². The zero-order chi connectivity index (χ0) is 18.4. The van der Waals surface area contributed by atoms with E-state index >= 15 is 0 Å². The van der Waals surface area contributed by atoms with Gasteiger partial charge in [-0.25, -0.2) is 15.0 Å². The number of nitrogens with zero attached hydrogens (tertiary/aromatic N) is 4. The standard InChI is InChI=1S/C17H21N5O3S/c1-2-25-14(23)9-13-11-26-17(20-13)21-15(24)12-5-3-8-22(10-12)16-18-6-4-7-19-16/h4,6-7,11-12H,2-3,5,8-10H2,1H3,(H,20,21,24). The first kappa shape index (κ1) is 18.2. The number of ether oxygens (including phenoxy) is 1. The van der Waals surface area contributed by atoms with Gasteiger partial charge in [0.2, 0.25) is 11.9 Å². The second kappa shape index (κ2) is 8.70. The maximum atomic E-state index is 12.6. The molecule has 1 N–H and O–H groups in total. The highest BCUT2D eigenvalue weighted by molar-refractivity contribution is 7.13. The molecule has 1 amide bonds. The van der Waals surface area contributed by atoms with Gasteiger partial charge >= 0.3 is 5.97 Å². The molecule has 0 aromatic carbocycles. The van der Waals surface area contributed by atoms with Gasteiger partial charge in [0.25, 0.3) is 0 Å². The molecule has 1 fully saturated rings. The van der Waals surface area contributed by atoms with Crippen molar-refractivity contribution < 1.29 is 14.3 Å². The molecule has 0 spiro atoms. The minimum absolute atomic E-state index is 0.0670. The minimum Gasteiger partial charge on any atom is -0.466 e. The van der Waals surface area contributed by atoms with Crippen LogP contribution in [0.2, 0.25) is 0 Å². The summed E-state index contributed by atoms with van der Waals surface area (Å²) in [6.45, 7) is 3.53. The Bertz CT molecular complexity index is 752. The predicted octanol–water partition coefficient (Wildman–Crippen LogP) is 1.89. The zero-order valence-electron chi connectivity index (χ0n) is 14.6. The molecular formula is C17H21N5O3S. The molecular weight excluding hydrogens is 354 g/mol. The average molecular weight is 375 g/mol.